The lowest BCUT2D eigenvalue weighted by Crippen LogP contribution is -2.47. The summed E-state index contributed by atoms with van der Waals surface area (Å²) in [6.07, 6.45) is 2.75. The van der Waals surface area contributed by atoms with Crippen molar-refractivity contribution in [1.29, 1.82) is 0 Å². The molecule has 0 bridgehead atoms. The van der Waals surface area contributed by atoms with Gasteiger partial charge in [0.05, 0.1) is 6.26 Å². The van der Waals surface area contributed by atoms with Gasteiger partial charge < -0.3 is 19.4 Å². The summed E-state index contributed by atoms with van der Waals surface area (Å²) < 4.78 is 23.8. The summed E-state index contributed by atoms with van der Waals surface area (Å²) in [6, 6.07) is 9.24. The van der Waals surface area contributed by atoms with E-state index in [9.17, 15) is 14.0 Å². The van der Waals surface area contributed by atoms with Crippen LogP contribution in [0.15, 0.2) is 47.1 Å². The third-order valence-corrected chi connectivity index (χ3v) is 4.12. The summed E-state index contributed by atoms with van der Waals surface area (Å²) in [5.74, 6) is -0.598. The molecule has 3 rings (SSSR count). The maximum absolute atomic E-state index is 13.5. The maximum Gasteiger partial charge on any atom is 0.287 e. The van der Waals surface area contributed by atoms with Crippen LogP contribution in [0.25, 0.3) is 0 Å². The number of hydrogen-bond donors (Lipinski definition) is 1. The molecule has 6 nitrogen and oxygen atoms in total. The lowest BCUT2D eigenvalue weighted by atomic mass is 10.0. The first-order chi connectivity index (χ1) is 12.1. The average molecular weight is 346 g/mol. The minimum absolute atomic E-state index is 0.00543. The summed E-state index contributed by atoms with van der Waals surface area (Å²) in [5.41, 5.74) is 0. The van der Waals surface area contributed by atoms with Gasteiger partial charge >= 0.3 is 0 Å². The van der Waals surface area contributed by atoms with E-state index < -0.39 is 5.82 Å². The van der Waals surface area contributed by atoms with Crippen LogP contribution in [0, 0.1) is 5.82 Å². The van der Waals surface area contributed by atoms with Gasteiger partial charge in [-0.25, -0.2) is 4.39 Å². The number of ether oxygens (including phenoxy) is 1. The number of nitrogens with one attached hydrogen (secondary N) is 1. The normalized spacial score (nSPS) is 15.0. The fourth-order valence-electron chi connectivity index (χ4n) is 2.73. The van der Waals surface area contributed by atoms with E-state index in [1.165, 1.54) is 18.4 Å². The van der Waals surface area contributed by atoms with E-state index in [4.69, 9.17) is 9.15 Å². The molecule has 25 heavy (non-hydrogen) atoms. The molecule has 1 fully saturated rings. The number of likely N-dealkylation sites (tertiary alicyclic amines) is 1. The molecule has 1 aliphatic heterocycles. The number of rotatable bonds is 5. The average Bonchev–Trinajstić information content (AvgIpc) is 3.16. The summed E-state index contributed by atoms with van der Waals surface area (Å²) in [6.45, 7) is 0.829. The Morgan fingerprint density at radius 1 is 1.20 bits per heavy atom. The highest BCUT2D eigenvalue weighted by atomic mass is 19.1. The molecular formula is C18H19FN2O4. The zero-order valence-corrected chi connectivity index (χ0v) is 13.6. The number of hydrogen-bond acceptors (Lipinski definition) is 4. The summed E-state index contributed by atoms with van der Waals surface area (Å²) >= 11 is 0. The van der Waals surface area contributed by atoms with Crippen LogP contribution in [0.5, 0.6) is 5.75 Å². The van der Waals surface area contributed by atoms with Gasteiger partial charge in [-0.1, -0.05) is 12.1 Å². The van der Waals surface area contributed by atoms with Crippen molar-refractivity contribution in [1.82, 2.24) is 10.2 Å². The number of benzene rings is 1. The van der Waals surface area contributed by atoms with Crippen molar-refractivity contribution in [2.45, 2.75) is 18.9 Å². The van der Waals surface area contributed by atoms with Crippen LogP contribution in [0.2, 0.25) is 0 Å². The number of para-hydroxylation sites is 1. The molecule has 2 amide bonds. The lowest BCUT2D eigenvalue weighted by Gasteiger charge is -2.32. The second kappa shape index (κ2) is 7.83. The predicted molar refractivity (Wildman–Crippen MR) is 87.7 cm³/mol. The van der Waals surface area contributed by atoms with Crippen LogP contribution in [0.1, 0.15) is 23.4 Å². The van der Waals surface area contributed by atoms with E-state index in [0.717, 1.165) is 0 Å². The number of furan rings is 1. The smallest absolute Gasteiger partial charge is 0.287 e. The van der Waals surface area contributed by atoms with Gasteiger partial charge in [-0.2, -0.15) is 0 Å². The molecule has 2 heterocycles. The Kier molecular flexibility index (Phi) is 5.33. The minimum Gasteiger partial charge on any atom is -0.481 e. The van der Waals surface area contributed by atoms with Crippen LogP contribution in [0.3, 0.4) is 0 Å². The first kappa shape index (κ1) is 17.0. The molecule has 0 spiro atoms. The second-order valence-corrected chi connectivity index (χ2v) is 5.82. The van der Waals surface area contributed by atoms with Crippen LogP contribution in [-0.2, 0) is 4.79 Å². The zero-order valence-electron chi connectivity index (χ0n) is 13.6. The van der Waals surface area contributed by atoms with E-state index in [-0.39, 0.29) is 36.0 Å². The van der Waals surface area contributed by atoms with Crippen molar-refractivity contribution in [3.63, 3.8) is 0 Å². The van der Waals surface area contributed by atoms with Crippen molar-refractivity contribution < 1.29 is 23.1 Å². The van der Waals surface area contributed by atoms with Crippen molar-refractivity contribution >= 4 is 11.8 Å². The molecule has 0 saturated carbocycles. The highest BCUT2D eigenvalue weighted by Crippen LogP contribution is 2.16. The molecule has 7 heteroatoms. The Morgan fingerprint density at radius 3 is 2.64 bits per heavy atom. The Bertz CT molecular complexity index is 724. The fraction of sp³-hybridized carbons (Fsp3) is 0.333. The highest BCUT2D eigenvalue weighted by molar-refractivity contribution is 5.91. The van der Waals surface area contributed by atoms with Crippen LogP contribution >= 0.6 is 0 Å². The molecule has 0 unspecified atom stereocenters. The predicted octanol–water partition coefficient (Wildman–Crippen LogP) is 2.22. The van der Waals surface area contributed by atoms with Crippen LogP contribution < -0.4 is 10.1 Å². The first-order valence-corrected chi connectivity index (χ1v) is 8.13. The van der Waals surface area contributed by atoms with Gasteiger partial charge in [-0.05, 0) is 37.1 Å². The topological polar surface area (TPSA) is 71.8 Å². The van der Waals surface area contributed by atoms with Gasteiger partial charge in [0.1, 0.15) is 0 Å². The van der Waals surface area contributed by atoms with Gasteiger partial charge in [0.25, 0.3) is 11.8 Å². The number of nitrogens with zero attached hydrogens (tertiary/aromatic N) is 1. The monoisotopic (exact) mass is 346 g/mol. The molecule has 0 radical (unpaired) electrons. The summed E-state index contributed by atoms with van der Waals surface area (Å²) in [7, 11) is 0. The number of carbonyl (C=O) groups excluding carboxylic acids is 2. The van der Waals surface area contributed by atoms with Crippen molar-refractivity contribution in [2.24, 2.45) is 0 Å². The SMILES string of the molecule is O=C(NC1CCN(C(=O)COc2ccccc2F)CC1)c1ccco1. The highest BCUT2D eigenvalue weighted by Gasteiger charge is 2.25. The summed E-state index contributed by atoms with van der Waals surface area (Å²) in [5, 5.41) is 2.89. The largest absolute Gasteiger partial charge is 0.481 e. The van der Waals surface area contributed by atoms with E-state index in [0.29, 0.717) is 25.9 Å². The molecular weight excluding hydrogens is 327 g/mol. The van der Waals surface area contributed by atoms with E-state index in [1.807, 2.05) is 0 Å². The van der Waals surface area contributed by atoms with Gasteiger partial charge in [0, 0.05) is 19.1 Å². The van der Waals surface area contributed by atoms with Crippen molar-refractivity contribution in [2.75, 3.05) is 19.7 Å². The van der Waals surface area contributed by atoms with Crippen molar-refractivity contribution in [3.8, 4) is 5.75 Å². The molecule has 2 aromatic rings. The molecule has 0 atom stereocenters. The van der Waals surface area contributed by atoms with Crippen molar-refractivity contribution in [3.05, 3.63) is 54.2 Å². The van der Waals surface area contributed by atoms with E-state index in [1.54, 1.807) is 29.2 Å². The van der Waals surface area contributed by atoms with Gasteiger partial charge in [0.15, 0.2) is 23.9 Å². The van der Waals surface area contributed by atoms with Gasteiger partial charge in [0.2, 0.25) is 0 Å². The minimum atomic E-state index is -0.491. The van der Waals surface area contributed by atoms with Gasteiger partial charge in [-0.15, -0.1) is 0 Å². The standard InChI is InChI=1S/C18H19FN2O4/c19-14-4-1-2-5-15(14)25-12-17(22)21-9-7-13(8-10-21)20-18(23)16-6-3-11-24-16/h1-6,11,13H,7-10,12H2,(H,20,23). The van der Waals surface area contributed by atoms with Gasteiger partial charge in [-0.3, -0.25) is 9.59 Å². The molecule has 132 valence electrons. The number of carbonyl (C=O) groups is 2. The zero-order chi connectivity index (χ0) is 17.6. The van der Waals surface area contributed by atoms with Crippen LogP contribution in [-0.4, -0.2) is 42.5 Å². The Balaban J connectivity index is 1.43. The number of piperidine rings is 1. The quantitative estimate of drug-likeness (QED) is 0.901. The Hall–Kier alpha value is -2.83. The van der Waals surface area contributed by atoms with E-state index >= 15 is 0 Å². The Morgan fingerprint density at radius 2 is 1.96 bits per heavy atom. The molecule has 0 aliphatic carbocycles. The van der Waals surface area contributed by atoms with Crippen LogP contribution in [0.4, 0.5) is 4.39 Å². The number of halogens is 1. The lowest BCUT2D eigenvalue weighted by molar-refractivity contribution is -0.134. The molecule has 1 saturated heterocycles. The molecule has 1 aliphatic rings. The fourth-order valence-corrected chi connectivity index (χ4v) is 2.73. The second-order valence-electron chi connectivity index (χ2n) is 5.82. The van der Waals surface area contributed by atoms with E-state index in [2.05, 4.69) is 5.32 Å². The molecule has 1 aromatic carbocycles. The summed E-state index contributed by atoms with van der Waals surface area (Å²) in [4.78, 5) is 25.8. The third kappa shape index (κ3) is 4.37. The molecule has 1 N–H and O–H groups in total. The third-order valence-electron chi connectivity index (χ3n) is 4.12. The first-order valence-electron chi connectivity index (χ1n) is 8.13. The Labute approximate surface area is 144 Å². The molecule has 1 aromatic heterocycles. The number of amides is 2. The maximum atomic E-state index is 13.5.